The van der Waals surface area contributed by atoms with Crippen molar-refractivity contribution >= 4 is 33.4 Å². The summed E-state index contributed by atoms with van der Waals surface area (Å²) < 4.78 is 21.2. The maximum atomic E-state index is 6.49. The van der Waals surface area contributed by atoms with E-state index in [2.05, 4.69) is 75.0 Å². The molecule has 274 valence electrons. The van der Waals surface area contributed by atoms with E-state index in [-0.39, 0.29) is 0 Å². The van der Waals surface area contributed by atoms with Gasteiger partial charge in [-0.3, -0.25) is 4.98 Å². The van der Waals surface area contributed by atoms with E-state index in [0.717, 1.165) is 81.9 Å². The van der Waals surface area contributed by atoms with Crippen LogP contribution in [0.3, 0.4) is 0 Å². The SMILES string of the molecule is C=C(OCC)c1c(C2CC3CCC(C3)C2)nc2c(-c3ccc(-c4ccccc4)nc3)cnn2c1N(COCC[Si](C)(C)C)COCC[Si](C)(C)C. The molecule has 2 fully saturated rings. The molecular formula is C41H59N5O3Si2. The lowest BCUT2D eigenvalue weighted by atomic mass is 9.78. The van der Waals surface area contributed by atoms with E-state index in [1.165, 1.54) is 19.3 Å². The standard InChI is InChI=1S/C41H59N5O3Si2/c1-9-49-30(2)38-39(35-24-31-15-16-32(23-31)25-35)44-40-36(34-17-18-37(42-26-34)33-13-11-10-12-14-33)27-43-46(40)41(38)45(28-47-19-21-50(3,4)5)29-48-20-22-51(6,7)8/h10-14,17-18,26-27,31-32,35H,2,9,15-16,19-25,28-29H2,1,3-8H3. The summed E-state index contributed by atoms with van der Waals surface area (Å²) in [6.07, 6.45) is 10.1. The summed E-state index contributed by atoms with van der Waals surface area (Å²) in [7, 11) is -2.56. The summed E-state index contributed by atoms with van der Waals surface area (Å²) >= 11 is 0. The van der Waals surface area contributed by atoms with Crippen LogP contribution in [0.15, 0.2) is 61.4 Å². The highest BCUT2D eigenvalue weighted by atomic mass is 28.3. The van der Waals surface area contributed by atoms with Gasteiger partial charge in [-0.2, -0.15) is 9.61 Å². The van der Waals surface area contributed by atoms with E-state index in [1.807, 2.05) is 42.0 Å². The number of fused-ring (bicyclic) bond motifs is 3. The lowest BCUT2D eigenvalue weighted by Crippen LogP contribution is -2.34. The van der Waals surface area contributed by atoms with Crippen molar-refractivity contribution in [2.75, 3.05) is 38.2 Å². The first-order valence-electron chi connectivity index (χ1n) is 19.1. The molecule has 10 heteroatoms. The monoisotopic (exact) mass is 725 g/mol. The number of hydrogen-bond donors (Lipinski definition) is 0. The van der Waals surface area contributed by atoms with E-state index in [4.69, 9.17) is 29.3 Å². The van der Waals surface area contributed by atoms with E-state index < -0.39 is 16.1 Å². The van der Waals surface area contributed by atoms with Crippen LogP contribution in [0.5, 0.6) is 0 Å². The predicted octanol–water partition coefficient (Wildman–Crippen LogP) is 10.2. The highest BCUT2D eigenvalue weighted by Gasteiger charge is 2.38. The van der Waals surface area contributed by atoms with Gasteiger partial charge < -0.3 is 19.1 Å². The highest BCUT2D eigenvalue weighted by molar-refractivity contribution is 6.76. The number of nitrogens with zero attached hydrogens (tertiary/aromatic N) is 5. The second-order valence-corrected chi connectivity index (χ2v) is 28.3. The lowest BCUT2D eigenvalue weighted by molar-refractivity contribution is 0.0941. The largest absolute Gasteiger partial charge is 0.494 e. The molecule has 0 radical (unpaired) electrons. The molecule has 1 aromatic carbocycles. The Balaban J connectivity index is 1.48. The Morgan fingerprint density at radius 3 is 2.06 bits per heavy atom. The zero-order valence-electron chi connectivity index (χ0n) is 32.1. The third-order valence-electron chi connectivity index (χ3n) is 10.5. The molecule has 51 heavy (non-hydrogen) atoms. The van der Waals surface area contributed by atoms with Crippen molar-refractivity contribution in [3.8, 4) is 22.4 Å². The van der Waals surface area contributed by atoms with Gasteiger partial charge in [-0.15, -0.1) is 0 Å². The maximum Gasteiger partial charge on any atom is 0.165 e. The normalized spacial score (nSPS) is 19.1. The Hall–Kier alpha value is -3.32. The van der Waals surface area contributed by atoms with Gasteiger partial charge in [0.05, 0.1) is 29.8 Å². The lowest BCUT2D eigenvalue weighted by Gasteiger charge is -2.33. The topological polar surface area (TPSA) is 74.0 Å². The molecule has 8 nitrogen and oxygen atoms in total. The first-order chi connectivity index (χ1) is 24.4. The van der Waals surface area contributed by atoms with Gasteiger partial charge in [0.1, 0.15) is 25.0 Å². The molecule has 2 aliphatic rings. The van der Waals surface area contributed by atoms with Crippen LogP contribution >= 0.6 is 0 Å². The number of anilines is 1. The Morgan fingerprint density at radius 1 is 0.843 bits per heavy atom. The van der Waals surface area contributed by atoms with Crippen LogP contribution < -0.4 is 4.90 Å². The molecule has 6 rings (SSSR count). The van der Waals surface area contributed by atoms with Crippen molar-refractivity contribution in [1.82, 2.24) is 19.6 Å². The van der Waals surface area contributed by atoms with Crippen molar-refractivity contribution in [2.24, 2.45) is 11.8 Å². The van der Waals surface area contributed by atoms with Gasteiger partial charge in [-0.25, -0.2) is 4.98 Å². The van der Waals surface area contributed by atoms with Gasteiger partial charge in [-0.05, 0) is 56.2 Å². The Morgan fingerprint density at radius 2 is 1.49 bits per heavy atom. The van der Waals surface area contributed by atoms with Gasteiger partial charge in [0.25, 0.3) is 0 Å². The quantitative estimate of drug-likeness (QED) is 0.0464. The van der Waals surface area contributed by atoms with Gasteiger partial charge in [0.15, 0.2) is 5.65 Å². The molecular weight excluding hydrogens is 667 g/mol. The smallest absolute Gasteiger partial charge is 0.165 e. The average Bonchev–Trinajstić information content (AvgIpc) is 3.68. The fourth-order valence-electron chi connectivity index (χ4n) is 7.63. The zero-order valence-corrected chi connectivity index (χ0v) is 34.1. The summed E-state index contributed by atoms with van der Waals surface area (Å²) in [6.45, 7) is 23.6. The molecule has 2 saturated carbocycles. The Labute approximate surface area is 307 Å². The molecule has 2 atom stereocenters. The second-order valence-electron chi connectivity index (χ2n) is 17.1. The Kier molecular flexibility index (Phi) is 11.9. The molecule has 3 aromatic heterocycles. The van der Waals surface area contributed by atoms with E-state index >= 15 is 0 Å². The molecule has 2 bridgehead atoms. The third-order valence-corrected chi connectivity index (χ3v) is 13.9. The van der Waals surface area contributed by atoms with Crippen LogP contribution in [0, 0.1) is 11.8 Å². The summed E-state index contributed by atoms with van der Waals surface area (Å²) in [5.41, 5.74) is 6.79. The summed E-state index contributed by atoms with van der Waals surface area (Å²) in [5, 5.41) is 5.05. The fourth-order valence-corrected chi connectivity index (χ4v) is 9.14. The maximum absolute atomic E-state index is 6.49. The molecule has 2 aliphatic carbocycles. The molecule has 0 N–H and O–H groups in total. The second kappa shape index (κ2) is 16.1. The van der Waals surface area contributed by atoms with Crippen LogP contribution in [0.25, 0.3) is 33.8 Å². The zero-order chi connectivity index (χ0) is 36.2. The van der Waals surface area contributed by atoms with Crippen LogP contribution in [0.4, 0.5) is 5.82 Å². The first-order valence-corrected chi connectivity index (χ1v) is 26.5. The fraction of sp³-hybridized carbons (Fsp3) is 0.537. The number of aromatic nitrogens is 4. The minimum atomic E-state index is -1.28. The summed E-state index contributed by atoms with van der Waals surface area (Å²) in [4.78, 5) is 12.6. The van der Waals surface area contributed by atoms with Crippen molar-refractivity contribution in [3.63, 3.8) is 0 Å². The van der Waals surface area contributed by atoms with Gasteiger partial charge in [-0.1, -0.05) is 95.1 Å². The molecule has 2 unspecified atom stereocenters. The van der Waals surface area contributed by atoms with E-state index in [0.29, 0.717) is 45.0 Å². The average molecular weight is 726 g/mol. The third kappa shape index (κ3) is 9.38. The number of hydrogen-bond acceptors (Lipinski definition) is 7. The van der Waals surface area contributed by atoms with Gasteiger partial charge in [0, 0.05) is 58.2 Å². The van der Waals surface area contributed by atoms with Crippen molar-refractivity contribution in [1.29, 1.82) is 0 Å². The van der Waals surface area contributed by atoms with Crippen LogP contribution in [0.1, 0.15) is 56.2 Å². The predicted molar refractivity (Wildman–Crippen MR) is 216 cm³/mol. The Bertz CT molecular complexity index is 1730. The number of ether oxygens (including phenoxy) is 3. The number of pyridine rings is 1. The molecule has 3 heterocycles. The molecule has 4 aromatic rings. The highest BCUT2D eigenvalue weighted by Crippen LogP contribution is 2.50. The van der Waals surface area contributed by atoms with Crippen LogP contribution in [-0.4, -0.2) is 69.0 Å². The minimum Gasteiger partial charge on any atom is -0.494 e. The van der Waals surface area contributed by atoms with Crippen LogP contribution in [0.2, 0.25) is 51.4 Å². The van der Waals surface area contributed by atoms with E-state index in [1.54, 1.807) is 0 Å². The summed E-state index contributed by atoms with van der Waals surface area (Å²) in [5.74, 6) is 3.32. The molecule has 0 aliphatic heterocycles. The van der Waals surface area contributed by atoms with Crippen molar-refractivity contribution in [2.45, 2.75) is 96.3 Å². The summed E-state index contributed by atoms with van der Waals surface area (Å²) in [6, 6.07) is 16.7. The molecule has 0 saturated heterocycles. The number of benzene rings is 1. The number of rotatable bonds is 17. The molecule has 0 spiro atoms. The van der Waals surface area contributed by atoms with Crippen LogP contribution in [-0.2, 0) is 14.2 Å². The van der Waals surface area contributed by atoms with Crippen molar-refractivity contribution < 1.29 is 14.2 Å². The van der Waals surface area contributed by atoms with Gasteiger partial charge >= 0.3 is 0 Å². The first kappa shape index (κ1) is 37.4. The molecule has 0 amide bonds. The van der Waals surface area contributed by atoms with E-state index in [9.17, 15) is 0 Å². The van der Waals surface area contributed by atoms with Gasteiger partial charge in [0.2, 0.25) is 0 Å². The minimum absolute atomic E-state index is 0.316. The van der Waals surface area contributed by atoms with Crippen molar-refractivity contribution in [3.05, 3.63) is 72.7 Å².